The molecule has 2 N–H and O–H groups in total. The Hall–Kier alpha value is -0.120. The molecule has 0 heterocycles. The van der Waals surface area contributed by atoms with Crippen LogP contribution in [0.2, 0.25) is 0 Å². The van der Waals surface area contributed by atoms with E-state index in [9.17, 15) is 0 Å². The van der Waals surface area contributed by atoms with Crippen molar-refractivity contribution in [2.75, 3.05) is 26.7 Å². The van der Waals surface area contributed by atoms with Gasteiger partial charge in [0.2, 0.25) is 0 Å². The molecule has 3 unspecified atom stereocenters. The van der Waals surface area contributed by atoms with Crippen molar-refractivity contribution in [1.82, 2.24) is 4.90 Å². The van der Waals surface area contributed by atoms with E-state index in [0.29, 0.717) is 12.0 Å². The molecule has 0 aromatic carbocycles. The first-order valence-electron chi connectivity index (χ1n) is 7.45. The van der Waals surface area contributed by atoms with Crippen LogP contribution >= 0.6 is 0 Å². The van der Waals surface area contributed by atoms with Crippen LogP contribution in [0.25, 0.3) is 0 Å². The second kappa shape index (κ2) is 6.88. The Kier molecular flexibility index (Phi) is 6.09. The highest BCUT2D eigenvalue weighted by Gasteiger charge is 2.42. The van der Waals surface area contributed by atoms with Crippen LogP contribution in [-0.2, 0) is 4.74 Å². The molecule has 0 amide bonds. The SMILES string of the molecule is CC1CCC(C)C(CN)(N(C)CCOC(C)C)C1. The van der Waals surface area contributed by atoms with E-state index in [-0.39, 0.29) is 5.54 Å². The zero-order valence-electron chi connectivity index (χ0n) is 12.9. The van der Waals surface area contributed by atoms with Crippen molar-refractivity contribution in [2.45, 2.75) is 58.6 Å². The fraction of sp³-hybridized carbons (Fsp3) is 1.00. The van der Waals surface area contributed by atoms with Crippen LogP contribution in [0.3, 0.4) is 0 Å². The van der Waals surface area contributed by atoms with E-state index in [1.165, 1.54) is 19.3 Å². The Morgan fingerprint density at radius 3 is 2.56 bits per heavy atom. The second-order valence-corrected chi connectivity index (χ2v) is 6.44. The summed E-state index contributed by atoms with van der Waals surface area (Å²) in [5, 5.41) is 0. The monoisotopic (exact) mass is 256 g/mol. The molecule has 0 bridgehead atoms. The normalized spacial score (nSPS) is 33.3. The average molecular weight is 256 g/mol. The van der Waals surface area contributed by atoms with Gasteiger partial charge in [0.1, 0.15) is 0 Å². The lowest BCUT2D eigenvalue weighted by Crippen LogP contribution is -2.59. The number of nitrogens with two attached hydrogens (primary N) is 1. The summed E-state index contributed by atoms with van der Waals surface area (Å²) in [5.74, 6) is 1.47. The first kappa shape index (κ1) is 15.9. The van der Waals surface area contributed by atoms with Gasteiger partial charge >= 0.3 is 0 Å². The molecule has 18 heavy (non-hydrogen) atoms. The molecule has 0 spiro atoms. The Morgan fingerprint density at radius 1 is 1.33 bits per heavy atom. The van der Waals surface area contributed by atoms with Crippen LogP contribution in [0.5, 0.6) is 0 Å². The van der Waals surface area contributed by atoms with Crippen molar-refractivity contribution in [3.05, 3.63) is 0 Å². The number of likely N-dealkylation sites (N-methyl/N-ethyl adjacent to an activating group) is 1. The largest absolute Gasteiger partial charge is 0.377 e. The zero-order valence-corrected chi connectivity index (χ0v) is 12.9. The molecule has 0 radical (unpaired) electrons. The van der Waals surface area contributed by atoms with Crippen molar-refractivity contribution in [3.63, 3.8) is 0 Å². The number of ether oxygens (including phenoxy) is 1. The lowest BCUT2D eigenvalue weighted by atomic mass is 9.69. The van der Waals surface area contributed by atoms with Gasteiger partial charge in [0.25, 0.3) is 0 Å². The first-order valence-corrected chi connectivity index (χ1v) is 7.45. The minimum atomic E-state index is 0.179. The smallest absolute Gasteiger partial charge is 0.0597 e. The molecular weight excluding hydrogens is 224 g/mol. The van der Waals surface area contributed by atoms with Crippen LogP contribution < -0.4 is 5.73 Å². The summed E-state index contributed by atoms with van der Waals surface area (Å²) >= 11 is 0. The number of hydrogen-bond donors (Lipinski definition) is 1. The quantitative estimate of drug-likeness (QED) is 0.793. The summed E-state index contributed by atoms with van der Waals surface area (Å²) in [4.78, 5) is 2.45. The highest BCUT2D eigenvalue weighted by atomic mass is 16.5. The van der Waals surface area contributed by atoms with E-state index in [2.05, 4.69) is 39.6 Å². The lowest BCUT2D eigenvalue weighted by Gasteiger charge is -2.50. The summed E-state index contributed by atoms with van der Waals surface area (Å²) in [7, 11) is 2.21. The Bertz CT molecular complexity index is 245. The maximum Gasteiger partial charge on any atom is 0.0597 e. The predicted octanol–water partition coefficient (Wildman–Crippen LogP) is 2.50. The van der Waals surface area contributed by atoms with Gasteiger partial charge in [-0.05, 0) is 45.6 Å². The molecule has 1 saturated carbocycles. The summed E-state index contributed by atoms with van der Waals surface area (Å²) < 4.78 is 5.67. The minimum absolute atomic E-state index is 0.179. The van der Waals surface area contributed by atoms with Gasteiger partial charge in [-0.2, -0.15) is 0 Å². The summed E-state index contributed by atoms with van der Waals surface area (Å²) in [6.45, 7) is 11.4. The van der Waals surface area contributed by atoms with Crippen LogP contribution in [0, 0.1) is 11.8 Å². The molecule has 1 aliphatic rings. The Labute approximate surface area is 113 Å². The van der Waals surface area contributed by atoms with Gasteiger partial charge in [-0.15, -0.1) is 0 Å². The van der Waals surface area contributed by atoms with Crippen molar-refractivity contribution >= 4 is 0 Å². The topological polar surface area (TPSA) is 38.5 Å². The highest BCUT2D eigenvalue weighted by Crippen LogP contribution is 2.39. The number of rotatable bonds is 6. The molecule has 1 rings (SSSR count). The van der Waals surface area contributed by atoms with Gasteiger partial charge in [-0.3, -0.25) is 4.90 Å². The maximum absolute atomic E-state index is 6.14. The second-order valence-electron chi connectivity index (χ2n) is 6.44. The average Bonchev–Trinajstić information content (AvgIpc) is 2.31. The van der Waals surface area contributed by atoms with Gasteiger partial charge in [-0.25, -0.2) is 0 Å². The van der Waals surface area contributed by atoms with Crippen LogP contribution in [-0.4, -0.2) is 43.3 Å². The zero-order chi connectivity index (χ0) is 13.8. The maximum atomic E-state index is 6.14. The van der Waals surface area contributed by atoms with E-state index in [1.807, 2.05) is 0 Å². The lowest BCUT2D eigenvalue weighted by molar-refractivity contribution is -0.0137. The molecule has 3 nitrogen and oxygen atoms in total. The van der Waals surface area contributed by atoms with E-state index in [4.69, 9.17) is 10.5 Å². The first-order chi connectivity index (χ1) is 8.42. The number of hydrogen-bond acceptors (Lipinski definition) is 3. The van der Waals surface area contributed by atoms with E-state index in [0.717, 1.165) is 25.6 Å². The molecule has 1 fully saturated rings. The van der Waals surface area contributed by atoms with Gasteiger partial charge in [0.05, 0.1) is 12.7 Å². The molecule has 1 aliphatic carbocycles. The molecule has 0 saturated heterocycles. The summed E-state index contributed by atoms with van der Waals surface area (Å²) in [6, 6.07) is 0. The fourth-order valence-corrected chi connectivity index (χ4v) is 3.33. The molecule has 0 aliphatic heterocycles. The van der Waals surface area contributed by atoms with Crippen LogP contribution in [0.1, 0.15) is 47.0 Å². The molecule has 0 aromatic heterocycles. The third-order valence-electron chi connectivity index (χ3n) is 4.70. The predicted molar refractivity (Wildman–Crippen MR) is 77.7 cm³/mol. The third kappa shape index (κ3) is 3.69. The third-order valence-corrected chi connectivity index (χ3v) is 4.70. The van der Waals surface area contributed by atoms with Crippen molar-refractivity contribution in [2.24, 2.45) is 17.6 Å². The van der Waals surface area contributed by atoms with Gasteiger partial charge in [0.15, 0.2) is 0 Å². The standard InChI is InChI=1S/C15H32N2O/c1-12(2)18-9-8-17(5)15(11-16)10-13(3)6-7-14(15)4/h12-14H,6-11,16H2,1-5H3. The van der Waals surface area contributed by atoms with Crippen molar-refractivity contribution in [3.8, 4) is 0 Å². The van der Waals surface area contributed by atoms with E-state index >= 15 is 0 Å². The summed E-state index contributed by atoms with van der Waals surface area (Å²) in [5.41, 5.74) is 6.32. The Balaban J connectivity index is 2.61. The van der Waals surface area contributed by atoms with Gasteiger partial charge < -0.3 is 10.5 Å². The van der Waals surface area contributed by atoms with Crippen LogP contribution in [0.4, 0.5) is 0 Å². The molecule has 108 valence electrons. The van der Waals surface area contributed by atoms with Gasteiger partial charge in [0, 0.05) is 18.6 Å². The van der Waals surface area contributed by atoms with Gasteiger partial charge in [-0.1, -0.05) is 20.3 Å². The van der Waals surface area contributed by atoms with E-state index < -0.39 is 0 Å². The Morgan fingerprint density at radius 2 is 2.00 bits per heavy atom. The fourth-order valence-electron chi connectivity index (χ4n) is 3.33. The highest BCUT2D eigenvalue weighted by molar-refractivity contribution is 4.98. The van der Waals surface area contributed by atoms with Crippen LogP contribution in [0.15, 0.2) is 0 Å². The molecule has 3 atom stereocenters. The molecular formula is C15H32N2O. The van der Waals surface area contributed by atoms with Crippen molar-refractivity contribution < 1.29 is 4.74 Å². The van der Waals surface area contributed by atoms with Crippen molar-refractivity contribution in [1.29, 1.82) is 0 Å². The molecule has 3 heteroatoms. The van der Waals surface area contributed by atoms with E-state index in [1.54, 1.807) is 0 Å². The number of nitrogens with zero attached hydrogens (tertiary/aromatic N) is 1. The molecule has 0 aromatic rings. The summed E-state index contributed by atoms with van der Waals surface area (Å²) in [6.07, 6.45) is 4.19. The minimum Gasteiger partial charge on any atom is -0.377 e.